The van der Waals surface area contributed by atoms with Crippen LogP contribution in [-0.4, -0.2) is 34.8 Å². The molecular weight excluding hydrogens is 262 g/mol. The lowest BCUT2D eigenvalue weighted by molar-refractivity contribution is -0.386. The third kappa shape index (κ3) is 3.66. The lowest BCUT2D eigenvalue weighted by Crippen LogP contribution is -2.24. The fraction of sp³-hybridized carbons (Fsp3) is 0.455. The van der Waals surface area contributed by atoms with Crippen LogP contribution in [0.4, 0.5) is 14.5 Å². The van der Waals surface area contributed by atoms with Gasteiger partial charge in [-0.25, -0.2) is 8.78 Å². The van der Waals surface area contributed by atoms with E-state index < -0.39 is 40.0 Å². The number of nitro groups is 1. The van der Waals surface area contributed by atoms with Crippen LogP contribution in [0, 0.1) is 21.7 Å². The molecule has 0 aliphatic carbocycles. The number of halogens is 2. The molecule has 0 fully saturated rings. The van der Waals surface area contributed by atoms with Crippen molar-refractivity contribution in [3.8, 4) is 0 Å². The highest BCUT2D eigenvalue weighted by molar-refractivity contribution is 5.43. The monoisotopic (exact) mass is 276 g/mol. The minimum absolute atomic E-state index is 0.105. The molecular formula is C11H14F2N2O4. The van der Waals surface area contributed by atoms with Gasteiger partial charge in [0.15, 0.2) is 11.6 Å². The minimum atomic E-state index is -1.66. The number of nitro benzene ring substituents is 1. The van der Waals surface area contributed by atoms with Crippen LogP contribution in [-0.2, 0) is 0 Å². The molecule has 0 saturated heterocycles. The fourth-order valence-corrected chi connectivity index (χ4v) is 1.60. The van der Waals surface area contributed by atoms with Crippen molar-refractivity contribution in [2.45, 2.75) is 18.6 Å². The Morgan fingerprint density at radius 3 is 2.47 bits per heavy atom. The first-order chi connectivity index (χ1) is 8.88. The zero-order valence-corrected chi connectivity index (χ0v) is 10.1. The van der Waals surface area contributed by atoms with E-state index in [0.717, 1.165) is 0 Å². The number of aliphatic hydroxyl groups excluding tert-OH is 2. The lowest BCUT2D eigenvalue weighted by Gasteiger charge is -2.18. The maximum atomic E-state index is 13.1. The van der Waals surface area contributed by atoms with Gasteiger partial charge in [0.25, 0.3) is 5.69 Å². The largest absolute Gasteiger partial charge is 0.390 e. The van der Waals surface area contributed by atoms with Gasteiger partial charge in [0, 0.05) is 0 Å². The molecule has 1 rings (SSSR count). The molecule has 8 heteroatoms. The Bertz CT molecular complexity index is 470. The maximum absolute atomic E-state index is 13.1. The second-order valence-electron chi connectivity index (χ2n) is 3.99. The molecule has 19 heavy (non-hydrogen) atoms. The molecule has 1 aromatic carbocycles. The molecule has 0 heterocycles. The topological polar surface area (TPSA) is 95.6 Å². The summed E-state index contributed by atoms with van der Waals surface area (Å²) >= 11 is 0. The third-order valence-electron chi connectivity index (χ3n) is 2.64. The summed E-state index contributed by atoms with van der Waals surface area (Å²) in [6, 6.07) is 0.916. The van der Waals surface area contributed by atoms with E-state index in [9.17, 15) is 29.1 Å². The van der Waals surface area contributed by atoms with Crippen LogP contribution in [0.1, 0.15) is 18.1 Å². The van der Waals surface area contributed by atoms with Crippen molar-refractivity contribution < 1.29 is 23.9 Å². The molecule has 0 bridgehead atoms. The molecule has 0 amide bonds. The highest BCUT2D eigenvalue weighted by Gasteiger charge is 2.28. The number of benzene rings is 1. The summed E-state index contributed by atoms with van der Waals surface area (Å²) in [5, 5.41) is 32.9. The first kappa shape index (κ1) is 15.4. The molecule has 2 unspecified atom stereocenters. The summed E-state index contributed by atoms with van der Waals surface area (Å²) in [6.07, 6.45) is -2.88. The van der Waals surface area contributed by atoms with Crippen LogP contribution in [0.2, 0.25) is 0 Å². The molecule has 0 radical (unpaired) electrons. The zero-order chi connectivity index (χ0) is 14.6. The normalized spacial score (nSPS) is 14.2. The van der Waals surface area contributed by atoms with Crippen molar-refractivity contribution in [1.29, 1.82) is 0 Å². The van der Waals surface area contributed by atoms with Crippen molar-refractivity contribution >= 4 is 5.69 Å². The van der Waals surface area contributed by atoms with E-state index in [-0.39, 0.29) is 6.42 Å². The van der Waals surface area contributed by atoms with Gasteiger partial charge in [-0.2, -0.15) is 0 Å². The van der Waals surface area contributed by atoms with Crippen molar-refractivity contribution in [1.82, 2.24) is 5.32 Å². The number of rotatable bonds is 6. The average Bonchev–Trinajstić information content (AvgIpc) is 2.37. The summed E-state index contributed by atoms with van der Waals surface area (Å²) in [6.45, 7) is 0.357. The Morgan fingerprint density at radius 2 is 1.95 bits per heavy atom. The molecule has 1 aromatic rings. The van der Waals surface area contributed by atoms with Gasteiger partial charge < -0.3 is 15.5 Å². The molecule has 0 saturated carbocycles. The minimum Gasteiger partial charge on any atom is -0.390 e. The van der Waals surface area contributed by atoms with E-state index >= 15 is 0 Å². The van der Waals surface area contributed by atoms with Gasteiger partial charge in [-0.15, -0.1) is 0 Å². The van der Waals surface area contributed by atoms with Crippen molar-refractivity contribution in [2.75, 3.05) is 13.6 Å². The maximum Gasteiger partial charge on any atom is 0.278 e. The average molecular weight is 276 g/mol. The molecule has 0 aliphatic heterocycles. The molecule has 0 aliphatic rings. The SMILES string of the molecule is CNCCC(O)C(O)c1cc(F)c(F)cc1[N+](=O)[O-]. The fourth-order valence-electron chi connectivity index (χ4n) is 1.60. The highest BCUT2D eigenvalue weighted by Crippen LogP contribution is 2.30. The summed E-state index contributed by atoms with van der Waals surface area (Å²) in [5.74, 6) is -2.70. The zero-order valence-electron chi connectivity index (χ0n) is 10.1. The lowest BCUT2D eigenvalue weighted by atomic mass is 10.00. The number of hydrogen-bond acceptors (Lipinski definition) is 5. The Morgan fingerprint density at radius 1 is 1.37 bits per heavy atom. The predicted molar refractivity (Wildman–Crippen MR) is 62.5 cm³/mol. The first-order valence-electron chi connectivity index (χ1n) is 5.52. The van der Waals surface area contributed by atoms with Gasteiger partial charge in [0.1, 0.15) is 6.10 Å². The van der Waals surface area contributed by atoms with Crippen LogP contribution < -0.4 is 5.32 Å². The molecule has 0 aromatic heterocycles. The first-order valence-corrected chi connectivity index (χ1v) is 5.52. The van der Waals surface area contributed by atoms with Gasteiger partial charge in [-0.1, -0.05) is 0 Å². The van der Waals surface area contributed by atoms with E-state index in [1.807, 2.05) is 0 Å². The smallest absolute Gasteiger partial charge is 0.278 e. The van der Waals surface area contributed by atoms with Crippen LogP contribution in [0.3, 0.4) is 0 Å². The van der Waals surface area contributed by atoms with Gasteiger partial charge in [0.2, 0.25) is 0 Å². The molecule has 6 nitrogen and oxygen atoms in total. The number of nitrogens with zero attached hydrogens (tertiary/aromatic N) is 1. The van der Waals surface area contributed by atoms with Crippen molar-refractivity contribution in [3.05, 3.63) is 39.4 Å². The standard InChI is InChI=1S/C11H14F2N2O4/c1-14-3-2-10(16)11(17)6-4-7(12)8(13)5-9(6)15(18)19/h4-5,10-11,14,16-17H,2-3H2,1H3. The van der Waals surface area contributed by atoms with Crippen LogP contribution in [0.5, 0.6) is 0 Å². The van der Waals surface area contributed by atoms with Crippen LogP contribution >= 0.6 is 0 Å². The highest BCUT2D eigenvalue weighted by atomic mass is 19.2. The number of hydrogen-bond donors (Lipinski definition) is 3. The van der Waals surface area contributed by atoms with E-state index in [1.165, 1.54) is 0 Å². The molecule has 2 atom stereocenters. The number of aliphatic hydroxyl groups is 2. The van der Waals surface area contributed by atoms with Gasteiger partial charge in [0.05, 0.1) is 22.7 Å². The molecule has 3 N–H and O–H groups in total. The number of nitrogens with one attached hydrogen (secondary N) is 1. The molecule has 0 spiro atoms. The van der Waals surface area contributed by atoms with E-state index in [1.54, 1.807) is 7.05 Å². The Hall–Kier alpha value is -1.64. The van der Waals surface area contributed by atoms with Gasteiger partial charge in [-0.3, -0.25) is 10.1 Å². The third-order valence-corrected chi connectivity index (χ3v) is 2.64. The second-order valence-corrected chi connectivity index (χ2v) is 3.99. The second kappa shape index (κ2) is 6.50. The van der Waals surface area contributed by atoms with Crippen LogP contribution in [0.25, 0.3) is 0 Å². The molecule has 106 valence electrons. The summed E-state index contributed by atoms with van der Waals surface area (Å²) in [4.78, 5) is 9.80. The van der Waals surface area contributed by atoms with Gasteiger partial charge in [-0.05, 0) is 26.1 Å². The summed E-state index contributed by atoms with van der Waals surface area (Å²) < 4.78 is 26.0. The van der Waals surface area contributed by atoms with E-state index in [2.05, 4.69) is 5.32 Å². The van der Waals surface area contributed by atoms with Crippen LogP contribution in [0.15, 0.2) is 12.1 Å². The summed E-state index contributed by atoms with van der Waals surface area (Å²) in [5.41, 5.74) is -1.22. The Labute approximate surface area is 107 Å². The Kier molecular flexibility index (Phi) is 5.28. The van der Waals surface area contributed by atoms with Crippen molar-refractivity contribution in [2.24, 2.45) is 0 Å². The predicted octanol–water partition coefficient (Wildman–Crippen LogP) is 0.877. The van der Waals surface area contributed by atoms with E-state index in [0.29, 0.717) is 18.7 Å². The quantitative estimate of drug-likeness (QED) is 0.529. The van der Waals surface area contributed by atoms with Crippen molar-refractivity contribution in [3.63, 3.8) is 0 Å². The van der Waals surface area contributed by atoms with Gasteiger partial charge >= 0.3 is 0 Å². The summed E-state index contributed by atoms with van der Waals surface area (Å²) in [7, 11) is 1.62. The van der Waals surface area contributed by atoms with E-state index in [4.69, 9.17) is 0 Å². The Balaban J connectivity index is 3.10.